The van der Waals surface area contributed by atoms with E-state index in [-0.39, 0.29) is 23.0 Å². The van der Waals surface area contributed by atoms with Crippen molar-refractivity contribution in [3.63, 3.8) is 0 Å². The SMILES string of the molecule is CF.Cc1cc(OC(F)F)cnc1C(=O)Nc1ccc(F)c(C2CCOC(N)=N2)c1.FC(F)F. The molecule has 2 aromatic rings. The van der Waals surface area contributed by atoms with E-state index in [0.717, 1.165) is 6.20 Å². The second kappa shape index (κ2) is 13.9. The van der Waals surface area contributed by atoms with Crippen LogP contribution in [-0.2, 0) is 4.74 Å². The summed E-state index contributed by atoms with van der Waals surface area (Å²) in [6, 6.07) is 4.82. The van der Waals surface area contributed by atoms with Crippen molar-refractivity contribution in [2.24, 2.45) is 10.7 Å². The predicted molar refractivity (Wildman–Crippen MR) is 109 cm³/mol. The molecule has 188 valence electrons. The molecule has 0 spiro atoms. The highest BCUT2D eigenvalue weighted by atomic mass is 19.4. The highest BCUT2D eigenvalue weighted by Crippen LogP contribution is 2.29. The van der Waals surface area contributed by atoms with Gasteiger partial charge in [0, 0.05) is 17.7 Å². The maximum atomic E-state index is 14.2. The smallest absolute Gasteiger partial charge is 0.387 e. The van der Waals surface area contributed by atoms with Gasteiger partial charge in [0.2, 0.25) is 0 Å². The minimum Gasteiger partial charge on any atom is -0.465 e. The van der Waals surface area contributed by atoms with E-state index < -0.39 is 31.1 Å². The molecule has 0 radical (unpaired) electrons. The molecule has 1 aliphatic rings. The number of aromatic nitrogens is 1. The maximum Gasteiger partial charge on any atom is 0.387 e. The summed E-state index contributed by atoms with van der Waals surface area (Å²) in [5.41, 5.74) is 6.51. The average Bonchev–Trinajstić information content (AvgIpc) is 2.75. The number of benzene rings is 1. The van der Waals surface area contributed by atoms with Gasteiger partial charge in [0.25, 0.3) is 11.9 Å². The Bertz CT molecular complexity index is 974. The van der Waals surface area contributed by atoms with Gasteiger partial charge in [0.15, 0.2) is 0 Å². The van der Waals surface area contributed by atoms with Crippen LogP contribution < -0.4 is 15.8 Å². The Balaban J connectivity index is 0.000000872. The van der Waals surface area contributed by atoms with Crippen molar-refractivity contribution < 1.29 is 45.0 Å². The van der Waals surface area contributed by atoms with E-state index in [1.54, 1.807) is 0 Å². The molecule has 1 atom stereocenters. The number of nitrogens with two attached hydrogens (primary N) is 1. The lowest BCUT2D eigenvalue weighted by Gasteiger charge is -2.20. The number of amidine groups is 1. The summed E-state index contributed by atoms with van der Waals surface area (Å²) in [5.74, 6) is -1.21. The van der Waals surface area contributed by atoms with Crippen LogP contribution in [0.1, 0.15) is 34.1 Å². The van der Waals surface area contributed by atoms with Crippen LogP contribution in [0.2, 0.25) is 0 Å². The van der Waals surface area contributed by atoms with Gasteiger partial charge >= 0.3 is 13.3 Å². The van der Waals surface area contributed by atoms with E-state index in [4.69, 9.17) is 10.5 Å². The molecule has 1 unspecified atom stereocenters. The highest BCUT2D eigenvalue weighted by Gasteiger charge is 2.21. The molecule has 0 saturated heterocycles. The third kappa shape index (κ3) is 9.11. The molecule has 1 aliphatic heterocycles. The molecule has 1 aromatic heterocycles. The Kier molecular flexibility index (Phi) is 11.6. The third-order valence-corrected chi connectivity index (χ3v) is 4.03. The van der Waals surface area contributed by atoms with Crippen molar-refractivity contribution in [2.45, 2.75) is 32.7 Å². The van der Waals surface area contributed by atoms with Crippen LogP contribution in [0.5, 0.6) is 5.75 Å². The number of carbonyl (C=O) groups is 1. The van der Waals surface area contributed by atoms with E-state index in [9.17, 15) is 35.5 Å². The molecule has 0 aliphatic carbocycles. The van der Waals surface area contributed by atoms with Crippen LogP contribution in [0.4, 0.5) is 36.4 Å². The number of aryl methyl sites for hydroxylation is 1. The molecule has 14 heteroatoms. The number of aliphatic imine (C=N–C) groups is 1. The standard InChI is InChI=1S/C18H17F3N4O3.CHF3.CH3F/c1-9-6-11(28-17(20)21)8-23-15(9)16(26)24-10-2-3-13(19)12(7-10)14-4-5-27-18(22)25-14;2-1(3)4;1-2/h2-3,6-8,14,17H,4-5H2,1H3,(H2,22,25)(H,24,26);1H;1H3. The van der Waals surface area contributed by atoms with E-state index in [2.05, 4.69) is 20.0 Å². The van der Waals surface area contributed by atoms with Gasteiger partial charge < -0.3 is 20.5 Å². The highest BCUT2D eigenvalue weighted by molar-refractivity contribution is 6.03. The van der Waals surface area contributed by atoms with Gasteiger partial charge in [0.05, 0.1) is 26.0 Å². The largest absolute Gasteiger partial charge is 0.465 e. The first-order chi connectivity index (χ1) is 16.1. The number of hydrogen-bond donors (Lipinski definition) is 2. The number of amides is 1. The van der Waals surface area contributed by atoms with Crippen molar-refractivity contribution in [2.75, 3.05) is 19.1 Å². The van der Waals surface area contributed by atoms with Crippen LogP contribution in [0.25, 0.3) is 0 Å². The first kappa shape index (κ1) is 28.5. The number of nitrogens with zero attached hydrogens (tertiary/aromatic N) is 2. The first-order valence-corrected chi connectivity index (χ1v) is 9.35. The first-order valence-electron chi connectivity index (χ1n) is 9.35. The number of rotatable bonds is 5. The number of carbonyl (C=O) groups excluding carboxylic acids is 1. The summed E-state index contributed by atoms with van der Waals surface area (Å²) in [6.07, 6.45) is 1.48. The number of ether oxygens (including phenoxy) is 2. The Morgan fingerprint density at radius 1 is 1.21 bits per heavy atom. The number of nitrogens with one attached hydrogen (secondary N) is 1. The summed E-state index contributed by atoms with van der Waals surface area (Å²) in [4.78, 5) is 20.4. The number of hydrogen-bond acceptors (Lipinski definition) is 6. The summed E-state index contributed by atoms with van der Waals surface area (Å²) in [5, 5.41) is 2.61. The van der Waals surface area contributed by atoms with Crippen molar-refractivity contribution in [3.8, 4) is 5.75 Å². The number of alkyl halides is 6. The van der Waals surface area contributed by atoms with E-state index in [0.29, 0.717) is 31.5 Å². The maximum absolute atomic E-state index is 14.2. The molecule has 0 saturated carbocycles. The number of anilines is 1. The fourth-order valence-electron chi connectivity index (χ4n) is 2.78. The number of pyridine rings is 1. The van der Waals surface area contributed by atoms with Gasteiger partial charge in [0.1, 0.15) is 17.3 Å². The lowest BCUT2D eigenvalue weighted by atomic mass is 10.0. The van der Waals surface area contributed by atoms with Crippen molar-refractivity contribution in [3.05, 3.63) is 53.1 Å². The molecule has 0 fully saturated rings. The molecule has 0 bridgehead atoms. The zero-order chi connectivity index (χ0) is 25.8. The normalized spacial score (nSPS) is 14.7. The minimum atomic E-state index is -3.67. The topological polar surface area (TPSA) is 98.8 Å². The zero-order valence-corrected chi connectivity index (χ0v) is 17.9. The average molecular weight is 498 g/mol. The van der Waals surface area contributed by atoms with Crippen LogP contribution in [0, 0.1) is 12.7 Å². The second-order valence-corrected chi connectivity index (χ2v) is 6.27. The van der Waals surface area contributed by atoms with Crippen LogP contribution in [0.15, 0.2) is 35.5 Å². The molecule has 1 amide bonds. The fraction of sp³-hybridized carbons (Fsp3) is 0.350. The lowest BCUT2D eigenvalue weighted by molar-refractivity contribution is -0.0501. The Hall–Kier alpha value is -3.58. The van der Waals surface area contributed by atoms with Crippen molar-refractivity contribution >= 4 is 17.6 Å². The van der Waals surface area contributed by atoms with Gasteiger partial charge in [-0.05, 0) is 36.8 Å². The molecule has 7 nitrogen and oxygen atoms in total. The van der Waals surface area contributed by atoms with Crippen LogP contribution in [-0.4, -0.2) is 44.0 Å². The fourth-order valence-corrected chi connectivity index (χ4v) is 2.78. The van der Waals surface area contributed by atoms with Crippen molar-refractivity contribution in [1.29, 1.82) is 0 Å². The van der Waals surface area contributed by atoms with E-state index in [1.807, 2.05) is 0 Å². The van der Waals surface area contributed by atoms with E-state index in [1.165, 1.54) is 31.2 Å². The second-order valence-electron chi connectivity index (χ2n) is 6.27. The molecule has 3 rings (SSSR count). The van der Waals surface area contributed by atoms with Gasteiger partial charge in [-0.25, -0.2) is 14.4 Å². The molecule has 34 heavy (non-hydrogen) atoms. The predicted octanol–water partition coefficient (Wildman–Crippen LogP) is 4.92. The zero-order valence-electron chi connectivity index (χ0n) is 17.9. The summed E-state index contributed by atoms with van der Waals surface area (Å²) in [6.45, 7) is -4.80. The summed E-state index contributed by atoms with van der Waals surface area (Å²) in [7, 11) is 0.500. The molecular formula is C20H21F7N4O3. The Labute approximate surface area is 189 Å². The Morgan fingerprint density at radius 3 is 2.41 bits per heavy atom. The van der Waals surface area contributed by atoms with Gasteiger partial charge in [-0.15, -0.1) is 0 Å². The third-order valence-electron chi connectivity index (χ3n) is 4.03. The molecule has 2 heterocycles. The summed E-state index contributed by atoms with van der Waals surface area (Å²) >= 11 is 0. The summed E-state index contributed by atoms with van der Waals surface area (Å²) < 4.78 is 86.5. The van der Waals surface area contributed by atoms with Crippen molar-refractivity contribution in [1.82, 2.24) is 4.98 Å². The van der Waals surface area contributed by atoms with Crippen LogP contribution in [0.3, 0.4) is 0 Å². The van der Waals surface area contributed by atoms with Gasteiger partial charge in [-0.1, -0.05) is 0 Å². The van der Waals surface area contributed by atoms with Crippen LogP contribution >= 0.6 is 0 Å². The molecule has 1 aromatic carbocycles. The molecular weight excluding hydrogens is 477 g/mol. The lowest BCUT2D eigenvalue weighted by Crippen LogP contribution is -2.24. The minimum absolute atomic E-state index is 0.0176. The molecule has 3 N–H and O–H groups in total. The van der Waals surface area contributed by atoms with Gasteiger partial charge in [-0.2, -0.15) is 22.0 Å². The monoisotopic (exact) mass is 498 g/mol. The van der Waals surface area contributed by atoms with E-state index >= 15 is 0 Å². The van der Waals surface area contributed by atoms with Gasteiger partial charge in [-0.3, -0.25) is 9.18 Å². The Morgan fingerprint density at radius 2 is 1.85 bits per heavy atom. The quantitative estimate of drug-likeness (QED) is 0.570. The number of halogens is 7.